The number of benzene rings is 1. The lowest BCUT2D eigenvalue weighted by atomic mass is 9.77. The van der Waals surface area contributed by atoms with E-state index >= 15 is 0 Å². The molecule has 5 rings (SSSR count). The summed E-state index contributed by atoms with van der Waals surface area (Å²) in [5.74, 6) is -0.0421. The number of hydrogen-bond donors (Lipinski definition) is 0. The summed E-state index contributed by atoms with van der Waals surface area (Å²) in [6.07, 6.45) is 6.86. The molecule has 9 heteroatoms. The van der Waals surface area contributed by atoms with Gasteiger partial charge in [0.25, 0.3) is 0 Å². The van der Waals surface area contributed by atoms with E-state index in [0.717, 1.165) is 38.8 Å². The molecular weight excluding hydrogens is 414 g/mol. The molecular formula is C21H28F2N2O4S. The largest absolute Gasteiger partial charge is 0.435 e. The maximum Gasteiger partial charge on any atom is 0.387 e. The third kappa shape index (κ3) is 3.74. The van der Waals surface area contributed by atoms with Crippen LogP contribution < -0.4 is 4.74 Å². The Morgan fingerprint density at radius 1 is 1.10 bits per heavy atom. The summed E-state index contributed by atoms with van der Waals surface area (Å²) >= 11 is 0. The molecule has 1 saturated carbocycles. The van der Waals surface area contributed by atoms with E-state index in [0.29, 0.717) is 31.3 Å². The maximum absolute atomic E-state index is 13.0. The SMILES string of the molecule is O=S(=O)(c1ccc(OC(F)F)cc1)N1CCC2(CC[C@@H](N3C[C@H]4C[C@@H]3CO4)C2)CC1. The number of ether oxygens (including phenoxy) is 2. The molecule has 0 aromatic heterocycles. The van der Waals surface area contributed by atoms with Gasteiger partial charge in [-0.05, 0) is 68.2 Å². The van der Waals surface area contributed by atoms with Crippen molar-refractivity contribution in [3.8, 4) is 5.75 Å². The summed E-state index contributed by atoms with van der Waals surface area (Å²) in [4.78, 5) is 2.77. The number of morpholine rings is 1. The van der Waals surface area contributed by atoms with Gasteiger partial charge < -0.3 is 9.47 Å². The molecule has 0 N–H and O–H groups in total. The van der Waals surface area contributed by atoms with Gasteiger partial charge in [0, 0.05) is 31.7 Å². The second kappa shape index (κ2) is 7.69. The molecule has 1 aromatic rings. The number of rotatable bonds is 5. The molecule has 1 aliphatic carbocycles. The molecule has 166 valence electrons. The van der Waals surface area contributed by atoms with Crippen LogP contribution >= 0.6 is 0 Å². The summed E-state index contributed by atoms with van der Waals surface area (Å²) < 4.78 is 62.2. The predicted molar refractivity (Wildman–Crippen MR) is 106 cm³/mol. The highest BCUT2D eigenvalue weighted by atomic mass is 32.2. The summed E-state index contributed by atoms with van der Waals surface area (Å²) in [5, 5.41) is 0. The van der Waals surface area contributed by atoms with Crippen LogP contribution in [0, 0.1) is 5.41 Å². The topological polar surface area (TPSA) is 59.1 Å². The minimum Gasteiger partial charge on any atom is -0.435 e. The Morgan fingerprint density at radius 2 is 1.83 bits per heavy atom. The van der Waals surface area contributed by atoms with Crippen molar-refractivity contribution in [3.63, 3.8) is 0 Å². The standard InChI is InChI=1S/C21H28F2N2O4S/c22-20(23)29-17-1-3-19(4-2-17)30(26,27)24-9-7-21(8-10-24)6-5-15(12-21)25-13-18-11-16(25)14-28-18/h1-4,15-16,18,20H,5-14H2/t15-,16-,18-/m1/s1. The van der Waals surface area contributed by atoms with Crippen molar-refractivity contribution in [1.29, 1.82) is 0 Å². The maximum atomic E-state index is 13.0. The lowest BCUT2D eigenvalue weighted by Gasteiger charge is -2.40. The highest BCUT2D eigenvalue weighted by Gasteiger charge is 2.49. The van der Waals surface area contributed by atoms with Gasteiger partial charge in [-0.3, -0.25) is 4.90 Å². The first-order chi connectivity index (χ1) is 14.3. The second-order valence-corrected chi connectivity index (χ2v) is 11.1. The van der Waals surface area contributed by atoms with Crippen molar-refractivity contribution >= 4 is 10.0 Å². The minimum absolute atomic E-state index is 0.0421. The van der Waals surface area contributed by atoms with Crippen LogP contribution in [0.4, 0.5) is 8.78 Å². The van der Waals surface area contributed by atoms with Gasteiger partial charge in [-0.15, -0.1) is 0 Å². The Bertz CT molecular complexity index is 871. The van der Waals surface area contributed by atoms with E-state index in [1.807, 2.05) is 0 Å². The molecule has 0 unspecified atom stereocenters. The molecule has 1 aromatic carbocycles. The monoisotopic (exact) mass is 442 g/mol. The molecule has 6 nitrogen and oxygen atoms in total. The molecule has 1 spiro atoms. The molecule has 3 heterocycles. The number of hydrogen-bond acceptors (Lipinski definition) is 5. The van der Waals surface area contributed by atoms with E-state index in [-0.39, 0.29) is 16.1 Å². The minimum atomic E-state index is -3.63. The van der Waals surface area contributed by atoms with E-state index < -0.39 is 16.6 Å². The van der Waals surface area contributed by atoms with E-state index in [2.05, 4.69) is 9.64 Å². The summed E-state index contributed by atoms with van der Waals surface area (Å²) in [7, 11) is -3.63. The van der Waals surface area contributed by atoms with Crippen LogP contribution in [0.5, 0.6) is 5.75 Å². The van der Waals surface area contributed by atoms with E-state index in [9.17, 15) is 17.2 Å². The van der Waals surface area contributed by atoms with Crippen molar-refractivity contribution in [1.82, 2.24) is 9.21 Å². The fraction of sp³-hybridized carbons (Fsp3) is 0.714. The molecule has 4 aliphatic rings. The van der Waals surface area contributed by atoms with Crippen molar-refractivity contribution in [2.75, 3.05) is 26.2 Å². The van der Waals surface area contributed by atoms with Gasteiger partial charge in [0.1, 0.15) is 5.75 Å². The molecule has 3 saturated heterocycles. The van der Waals surface area contributed by atoms with Gasteiger partial charge in [0.05, 0.1) is 17.6 Å². The lowest BCUT2D eigenvalue weighted by molar-refractivity contribution is -0.0498. The van der Waals surface area contributed by atoms with Crippen molar-refractivity contribution in [3.05, 3.63) is 24.3 Å². The summed E-state index contributed by atoms with van der Waals surface area (Å²) in [6, 6.07) is 6.42. The zero-order valence-corrected chi connectivity index (χ0v) is 17.7. The van der Waals surface area contributed by atoms with Crippen LogP contribution in [0.2, 0.25) is 0 Å². The predicted octanol–water partition coefficient (Wildman–Crippen LogP) is 3.08. The Kier molecular flexibility index (Phi) is 5.28. The molecule has 4 fully saturated rings. The molecule has 2 bridgehead atoms. The van der Waals surface area contributed by atoms with E-state index in [1.165, 1.54) is 37.1 Å². The molecule has 0 amide bonds. The zero-order chi connectivity index (χ0) is 20.9. The lowest BCUT2D eigenvalue weighted by Crippen LogP contribution is -2.45. The molecule has 3 aliphatic heterocycles. The fourth-order valence-electron chi connectivity index (χ4n) is 5.93. The summed E-state index contributed by atoms with van der Waals surface area (Å²) in [5.41, 5.74) is 0.244. The molecule has 30 heavy (non-hydrogen) atoms. The number of nitrogens with zero attached hydrogens (tertiary/aromatic N) is 2. The Balaban J connectivity index is 1.20. The average molecular weight is 443 g/mol. The first-order valence-electron chi connectivity index (χ1n) is 10.8. The number of fused-ring (bicyclic) bond motifs is 2. The van der Waals surface area contributed by atoms with E-state index in [4.69, 9.17) is 4.74 Å². The number of sulfonamides is 1. The van der Waals surface area contributed by atoms with Gasteiger partial charge >= 0.3 is 6.61 Å². The zero-order valence-electron chi connectivity index (χ0n) is 16.9. The second-order valence-electron chi connectivity index (χ2n) is 9.19. The first kappa shape index (κ1) is 20.6. The van der Waals surface area contributed by atoms with Crippen LogP contribution in [0.3, 0.4) is 0 Å². The smallest absolute Gasteiger partial charge is 0.387 e. The Hall–Kier alpha value is -1.29. The number of piperidine rings is 1. The van der Waals surface area contributed by atoms with Crippen LogP contribution in [0.1, 0.15) is 38.5 Å². The van der Waals surface area contributed by atoms with Crippen LogP contribution in [0.25, 0.3) is 0 Å². The van der Waals surface area contributed by atoms with Crippen LogP contribution in [-0.4, -0.2) is 68.7 Å². The first-order valence-corrected chi connectivity index (χ1v) is 12.2. The van der Waals surface area contributed by atoms with E-state index in [1.54, 1.807) is 4.31 Å². The third-order valence-electron chi connectivity index (χ3n) is 7.56. The van der Waals surface area contributed by atoms with Gasteiger partial charge in [-0.2, -0.15) is 13.1 Å². The van der Waals surface area contributed by atoms with Gasteiger partial charge in [-0.1, -0.05) is 0 Å². The molecule has 3 atom stereocenters. The fourth-order valence-corrected chi connectivity index (χ4v) is 7.37. The van der Waals surface area contributed by atoms with Crippen molar-refractivity contribution < 1.29 is 26.7 Å². The Morgan fingerprint density at radius 3 is 2.43 bits per heavy atom. The van der Waals surface area contributed by atoms with Gasteiger partial charge in [0.15, 0.2) is 0 Å². The third-order valence-corrected chi connectivity index (χ3v) is 9.47. The highest BCUT2D eigenvalue weighted by molar-refractivity contribution is 7.89. The van der Waals surface area contributed by atoms with Crippen molar-refractivity contribution in [2.24, 2.45) is 5.41 Å². The number of likely N-dealkylation sites (tertiary alicyclic amines) is 1. The van der Waals surface area contributed by atoms with Gasteiger partial charge in [0.2, 0.25) is 10.0 Å². The average Bonchev–Trinajstić information content (AvgIpc) is 3.44. The number of halogens is 2. The summed E-state index contributed by atoms with van der Waals surface area (Å²) in [6.45, 7) is 0.0154. The normalized spacial score (nSPS) is 31.8. The van der Waals surface area contributed by atoms with Crippen LogP contribution in [-0.2, 0) is 14.8 Å². The Labute approximate surface area is 176 Å². The van der Waals surface area contributed by atoms with Gasteiger partial charge in [-0.25, -0.2) is 8.42 Å². The number of alkyl halides is 2. The highest BCUT2D eigenvalue weighted by Crippen LogP contribution is 2.50. The quantitative estimate of drug-likeness (QED) is 0.702. The van der Waals surface area contributed by atoms with Crippen molar-refractivity contribution in [2.45, 2.75) is 68.2 Å². The van der Waals surface area contributed by atoms with Crippen LogP contribution in [0.15, 0.2) is 29.2 Å². The molecule has 0 radical (unpaired) electrons.